The third kappa shape index (κ3) is 72.0. The van der Waals surface area contributed by atoms with Crippen LogP contribution in [-0.2, 0) is 32.7 Å². The fourth-order valence-electron chi connectivity index (χ4n) is 10.5. The number of carbonyl (C=O) groups excluding carboxylic acids is 2. The highest BCUT2D eigenvalue weighted by Gasteiger charge is 2.27. The van der Waals surface area contributed by atoms with Crippen LogP contribution in [0, 0.1) is 0 Å². The van der Waals surface area contributed by atoms with Gasteiger partial charge in [0.2, 0.25) is 0 Å². The summed E-state index contributed by atoms with van der Waals surface area (Å²) in [7, 11) is 1.47. The normalized spacial score (nSPS) is 13.7. The number of hydrogen-bond acceptors (Lipinski definition) is 7. The highest BCUT2D eigenvalue weighted by Crippen LogP contribution is 2.43. The average molecular weight is 1250 g/mol. The second kappa shape index (κ2) is 68.3. The van der Waals surface area contributed by atoms with Crippen LogP contribution in [0.2, 0.25) is 0 Å². The zero-order valence-electron chi connectivity index (χ0n) is 58.2. The molecule has 0 saturated heterocycles. The minimum atomic E-state index is -4.40. The third-order valence-corrected chi connectivity index (χ3v) is 17.1. The Bertz CT molecular complexity index is 1810. The van der Waals surface area contributed by atoms with E-state index in [1.165, 1.54) is 212 Å². The van der Waals surface area contributed by atoms with E-state index in [9.17, 15) is 19.0 Å². The summed E-state index contributed by atoms with van der Waals surface area (Å²) in [5.74, 6) is -0.795. The van der Waals surface area contributed by atoms with E-state index in [2.05, 4.69) is 111 Å². The van der Waals surface area contributed by atoms with E-state index in [1.807, 2.05) is 21.1 Å². The summed E-state index contributed by atoms with van der Waals surface area (Å²) in [4.78, 5) is 35.9. The van der Waals surface area contributed by atoms with Gasteiger partial charge in [-0.1, -0.05) is 323 Å². The SMILES string of the molecule is CC/C=C\C/C=C\C/C=C\C/C=C\C/C=C\C/C=C\C/C=C\CCCCCCCCCCCC(=O)OC(COC(=O)CCCCCCCCCCCCCCCCCCCCCCC/C=C\CCCCCCCCCC)COP(=O)(O)OCC[N+](C)(C)C. The monoisotopic (exact) mass is 1250 g/mol. The lowest BCUT2D eigenvalue weighted by Crippen LogP contribution is -2.37. The van der Waals surface area contributed by atoms with Gasteiger partial charge >= 0.3 is 19.8 Å². The van der Waals surface area contributed by atoms with Crippen molar-refractivity contribution >= 4 is 19.8 Å². The number of carbonyl (C=O) groups is 2. The van der Waals surface area contributed by atoms with Crippen LogP contribution in [-0.4, -0.2) is 74.9 Å². The van der Waals surface area contributed by atoms with Gasteiger partial charge in [0, 0.05) is 12.8 Å². The summed E-state index contributed by atoms with van der Waals surface area (Å²) in [6.07, 6.45) is 95.3. The van der Waals surface area contributed by atoms with Gasteiger partial charge in [0.05, 0.1) is 27.7 Å². The highest BCUT2D eigenvalue weighted by atomic mass is 31.2. The summed E-state index contributed by atoms with van der Waals surface area (Å²) in [5, 5.41) is 0. The molecule has 2 atom stereocenters. The third-order valence-electron chi connectivity index (χ3n) is 16.1. The number of allylic oxidation sites excluding steroid dienone is 16. The van der Waals surface area contributed by atoms with Crippen LogP contribution >= 0.6 is 7.82 Å². The molecule has 0 amide bonds. The fraction of sp³-hybridized carbons (Fsp3) is 0.769. The number of hydrogen-bond donors (Lipinski definition) is 1. The molecule has 88 heavy (non-hydrogen) atoms. The number of phosphoric acid groups is 1. The van der Waals surface area contributed by atoms with Gasteiger partial charge in [0.25, 0.3) is 0 Å². The van der Waals surface area contributed by atoms with Crippen molar-refractivity contribution in [2.45, 2.75) is 341 Å². The molecule has 0 aromatic rings. The zero-order valence-corrected chi connectivity index (χ0v) is 59.1. The lowest BCUT2D eigenvalue weighted by molar-refractivity contribution is -0.870. The van der Waals surface area contributed by atoms with Gasteiger partial charge in [-0.15, -0.1) is 0 Å². The highest BCUT2D eigenvalue weighted by molar-refractivity contribution is 7.47. The number of quaternary nitrogens is 1. The molecular formula is C78H141NO8P+. The number of unbranched alkanes of at least 4 members (excludes halogenated alkanes) is 38. The molecule has 1 N–H and O–H groups in total. The summed E-state index contributed by atoms with van der Waals surface area (Å²) < 4.78 is 34.8. The van der Waals surface area contributed by atoms with E-state index >= 15 is 0 Å². The standard InChI is InChI=1S/C78H140NO8P/c1-6-8-10-12-14-16-18-20-22-24-26-28-30-32-34-36-38-39-41-42-44-46-48-50-52-54-56-58-60-62-64-66-68-70-77(80)84-74-76(75-86-88(82,83)85-73-72-79(3,4)5)87-78(81)71-69-67-65-63-61-59-57-55-53-51-49-47-45-43-40-37-35-33-31-29-27-25-23-21-19-17-15-13-11-9-7-2/h9,11,15,17,21,23-24,26-27,29,33,35,40,43,47,49,76H,6-8,10,12-14,16,18-20,22,25,28,30-32,34,36-39,41-42,44-46,48,50-75H2,1-5H3/p+1/b11-9-,17-15-,23-21-,26-24-,29-27-,35-33-,43-40-,49-47-. The van der Waals surface area contributed by atoms with Crippen LogP contribution in [0.4, 0.5) is 0 Å². The fourth-order valence-corrected chi connectivity index (χ4v) is 11.2. The van der Waals surface area contributed by atoms with Gasteiger partial charge in [-0.3, -0.25) is 18.6 Å². The molecule has 0 bridgehead atoms. The van der Waals surface area contributed by atoms with Crippen molar-refractivity contribution in [3.63, 3.8) is 0 Å². The Balaban J connectivity index is 4.03. The van der Waals surface area contributed by atoms with Crippen LogP contribution < -0.4 is 0 Å². The smallest absolute Gasteiger partial charge is 0.462 e. The molecule has 9 nitrogen and oxygen atoms in total. The van der Waals surface area contributed by atoms with Crippen LogP contribution in [0.15, 0.2) is 97.2 Å². The Morgan fingerprint density at radius 1 is 0.364 bits per heavy atom. The van der Waals surface area contributed by atoms with Gasteiger partial charge in [-0.05, 0) is 96.3 Å². The molecule has 2 unspecified atom stereocenters. The van der Waals surface area contributed by atoms with Gasteiger partial charge in [-0.25, -0.2) is 4.57 Å². The van der Waals surface area contributed by atoms with Gasteiger partial charge in [-0.2, -0.15) is 0 Å². The molecule has 0 aliphatic heterocycles. The van der Waals surface area contributed by atoms with Crippen molar-refractivity contribution in [2.75, 3.05) is 47.5 Å². The van der Waals surface area contributed by atoms with Crippen LogP contribution in [0.1, 0.15) is 335 Å². The maximum Gasteiger partial charge on any atom is 0.472 e. The number of rotatable bonds is 68. The molecular weight excluding hydrogens is 1110 g/mol. The maximum atomic E-state index is 12.9. The molecule has 10 heteroatoms. The Morgan fingerprint density at radius 2 is 0.648 bits per heavy atom. The van der Waals surface area contributed by atoms with Crippen molar-refractivity contribution in [1.29, 1.82) is 0 Å². The summed E-state index contributed by atoms with van der Waals surface area (Å²) in [6, 6.07) is 0. The number of phosphoric ester groups is 1. The van der Waals surface area contributed by atoms with Crippen LogP contribution in [0.25, 0.3) is 0 Å². The Morgan fingerprint density at radius 3 is 0.977 bits per heavy atom. The average Bonchev–Trinajstić information content (AvgIpc) is 3.68. The second-order valence-electron chi connectivity index (χ2n) is 25.9. The lowest BCUT2D eigenvalue weighted by Gasteiger charge is -2.24. The minimum Gasteiger partial charge on any atom is -0.462 e. The molecule has 0 saturated carbocycles. The predicted octanol–water partition coefficient (Wildman–Crippen LogP) is 24.3. The summed E-state index contributed by atoms with van der Waals surface area (Å²) in [6.45, 7) is 4.35. The predicted molar refractivity (Wildman–Crippen MR) is 381 cm³/mol. The van der Waals surface area contributed by atoms with E-state index < -0.39 is 26.5 Å². The lowest BCUT2D eigenvalue weighted by atomic mass is 10.0. The van der Waals surface area contributed by atoms with Crippen LogP contribution in [0.3, 0.4) is 0 Å². The van der Waals surface area contributed by atoms with E-state index in [-0.39, 0.29) is 32.0 Å². The van der Waals surface area contributed by atoms with Gasteiger partial charge < -0.3 is 18.9 Å². The number of ether oxygens (including phenoxy) is 2. The molecule has 0 heterocycles. The van der Waals surface area contributed by atoms with E-state index in [4.69, 9.17) is 18.5 Å². The van der Waals surface area contributed by atoms with Gasteiger partial charge in [0.1, 0.15) is 19.8 Å². The molecule has 0 spiro atoms. The largest absolute Gasteiger partial charge is 0.472 e. The minimum absolute atomic E-state index is 0.0278. The molecule has 0 aromatic heterocycles. The molecule has 0 radical (unpaired) electrons. The van der Waals surface area contributed by atoms with Crippen LogP contribution in [0.5, 0.6) is 0 Å². The summed E-state index contributed by atoms with van der Waals surface area (Å²) in [5.41, 5.74) is 0. The Hall–Kier alpha value is -3.07. The first kappa shape index (κ1) is 84.9. The van der Waals surface area contributed by atoms with E-state index in [0.717, 1.165) is 89.9 Å². The Kier molecular flexibility index (Phi) is 65.9. The first-order chi connectivity index (χ1) is 43.0. The second-order valence-corrected chi connectivity index (χ2v) is 27.4. The van der Waals surface area contributed by atoms with E-state index in [0.29, 0.717) is 17.4 Å². The molecule has 0 fully saturated rings. The topological polar surface area (TPSA) is 108 Å². The molecule has 0 aliphatic rings. The van der Waals surface area contributed by atoms with Crippen molar-refractivity contribution in [3.8, 4) is 0 Å². The molecule has 0 aromatic carbocycles. The van der Waals surface area contributed by atoms with Crippen molar-refractivity contribution < 1.29 is 42.1 Å². The molecule has 510 valence electrons. The summed E-state index contributed by atoms with van der Waals surface area (Å²) >= 11 is 0. The van der Waals surface area contributed by atoms with Crippen molar-refractivity contribution in [3.05, 3.63) is 97.2 Å². The molecule has 0 rings (SSSR count). The van der Waals surface area contributed by atoms with Gasteiger partial charge in [0.15, 0.2) is 6.10 Å². The number of esters is 2. The first-order valence-electron chi connectivity index (χ1n) is 37.0. The zero-order chi connectivity index (χ0) is 64.1. The van der Waals surface area contributed by atoms with Crippen molar-refractivity contribution in [2.24, 2.45) is 0 Å². The maximum absolute atomic E-state index is 12.9. The van der Waals surface area contributed by atoms with Crippen molar-refractivity contribution in [1.82, 2.24) is 0 Å². The Labute approximate surface area is 544 Å². The number of nitrogens with zero attached hydrogens (tertiary/aromatic N) is 1. The quantitative estimate of drug-likeness (QED) is 0.0211. The van der Waals surface area contributed by atoms with E-state index in [1.54, 1.807) is 0 Å². The number of likely N-dealkylation sites (N-methyl/N-ethyl adjacent to an activating group) is 1. The molecule has 0 aliphatic carbocycles. The first-order valence-corrected chi connectivity index (χ1v) is 38.5.